The van der Waals surface area contributed by atoms with Gasteiger partial charge >= 0.3 is 0 Å². The number of carbonyl (C=O) groups excluding carboxylic acids is 4. The highest BCUT2D eigenvalue weighted by molar-refractivity contribution is 6.36. The number of ketones is 2. The summed E-state index contributed by atoms with van der Waals surface area (Å²) < 4.78 is 28.6. The monoisotopic (exact) mass is 610 g/mol. The second-order valence-corrected chi connectivity index (χ2v) is 10.7. The van der Waals surface area contributed by atoms with Crippen LogP contribution in [-0.2, 0) is 22.4 Å². The maximum Gasteiger partial charge on any atom is 0.237 e. The molecular formula is C31H31ClN2O9. The Morgan fingerprint density at radius 2 is 1.63 bits per heavy atom. The number of furan rings is 1. The summed E-state index contributed by atoms with van der Waals surface area (Å²) in [7, 11) is 4.36. The molecular weight excluding hydrogens is 580 g/mol. The number of amides is 2. The highest BCUT2D eigenvalue weighted by Gasteiger charge is 2.63. The van der Waals surface area contributed by atoms with Crippen molar-refractivity contribution < 1.29 is 42.5 Å². The van der Waals surface area contributed by atoms with Crippen molar-refractivity contribution in [3.63, 3.8) is 0 Å². The standard InChI is InChI=1S/C31H31ClN2O9/c1-15-12-21-24(29(37)31(15)30(38)25-20(40-4)14-22(41-5)26(32)28(25)43-31)19(13-23(36)34-11-10-33-16(2)35)27(42-21)17-6-8-18(39-3)9-7-17/h6-9,14-15H,10-13H2,1-5H3,(H,33,35)(H,34,36). The van der Waals surface area contributed by atoms with Crippen molar-refractivity contribution in [3.05, 3.63) is 57.8 Å². The van der Waals surface area contributed by atoms with Crippen LogP contribution in [0.25, 0.3) is 11.3 Å². The molecule has 3 aromatic rings. The fourth-order valence-corrected chi connectivity index (χ4v) is 5.90. The third-order valence-corrected chi connectivity index (χ3v) is 8.12. The van der Waals surface area contributed by atoms with Crippen molar-refractivity contribution >= 4 is 35.0 Å². The molecule has 1 aliphatic heterocycles. The molecule has 11 nitrogen and oxygen atoms in total. The van der Waals surface area contributed by atoms with Gasteiger partial charge in [0, 0.05) is 49.5 Å². The summed E-state index contributed by atoms with van der Waals surface area (Å²) in [5.41, 5.74) is -0.869. The summed E-state index contributed by atoms with van der Waals surface area (Å²) in [5, 5.41) is 5.41. The van der Waals surface area contributed by atoms with Gasteiger partial charge in [-0.1, -0.05) is 18.5 Å². The number of fused-ring (bicyclic) bond motifs is 2. The number of nitrogens with one attached hydrogen (secondary N) is 2. The zero-order valence-corrected chi connectivity index (χ0v) is 25.1. The Balaban J connectivity index is 1.60. The van der Waals surface area contributed by atoms with Crippen molar-refractivity contribution in [2.24, 2.45) is 5.92 Å². The van der Waals surface area contributed by atoms with Crippen LogP contribution >= 0.6 is 11.6 Å². The Hall–Kier alpha value is -4.51. The quantitative estimate of drug-likeness (QED) is 0.273. The van der Waals surface area contributed by atoms with Gasteiger partial charge in [0.1, 0.15) is 39.4 Å². The number of hydrogen-bond donors (Lipinski definition) is 2. The minimum Gasteiger partial charge on any atom is -0.497 e. The van der Waals surface area contributed by atoms with Gasteiger partial charge in [-0.2, -0.15) is 0 Å². The molecule has 5 rings (SSSR count). The molecule has 2 aromatic carbocycles. The van der Waals surface area contributed by atoms with Gasteiger partial charge in [-0.15, -0.1) is 0 Å². The lowest BCUT2D eigenvalue weighted by atomic mass is 9.70. The molecule has 0 saturated heterocycles. The molecule has 1 spiro atoms. The third kappa shape index (κ3) is 4.97. The lowest BCUT2D eigenvalue weighted by Crippen LogP contribution is -2.56. The van der Waals surface area contributed by atoms with E-state index in [4.69, 9.17) is 35.0 Å². The molecule has 1 aromatic heterocycles. The predicted molar refractivity (Wildman–Crippen MR) is 156 cm³/mol. The van der Waals surface area contributed by atoms with Gasteiger partial charge in [0.2, 0.25) is 29.0 Å². The molecule has 2 aliphatic rings. The van der Waals surface area contributed by atoms with Gasteiger partial charge in [-0.25, -0.2) is 0 Å². The summed E-state index contributed by atoms with van der Waals surface area (Å²) >= 11 is 6.56. The third-order valence-electron chi connectivity index (χ3n) is 7.76. The first-order valence-corrected chi connectivity index (χ1v) is 14.0. The second-order valence-electron chi connectivity index (χ2n) is 10.3. The number of ether oxygens (including phenoxy) is 4. The lowest BCUT2D eigenvalue weighted by molar-refractivity contribution is -0.121. The molecule has 2 heterocycles. The van der Waals surface area contributed by atoms with Gasteiger partial charge in [0.05, 0.1) is 33.3 Å². The van der Waals surface area contributed by atoms with Crippen LogP contribution in [0.4, 0.5) is 0 Å². The van der Waals surface area contributed by atoms with Crippen LogP contribution in [0.1, 0.15) is 45.9 Å². The Morgan fingerprint density at radius 1 is 0.977 bits per heavy atom. The smallest absolute Gasteiger partial charge is 0.237 e. The van der Waals surface area contributed by atoms with Crippen molar-refractivity contribution in [2.45, 2.75) is 32.3 Å². The number of rotatable bonds is 9. The van der Waals surface area contributed by atoms with E-state index >= 15 is 0 Å². The van der Waals surface area contributed by atoms with Crippen molar-refractivity contribution in [2.75, 3.05) is 34.4 Å². The first kappa shape index (κ1) is 30.0. The first-order valence-electron chi connectivity index (χ1n) is 13.6. The average Bonchev–Trinajstić information content (AvgIpc) is 3.50. The number of methoxy groups -OCH3 is 3. The maximum absolute atomic E-state index is 14.6. The van der Waals surface area contributed by atoms with E-state index in [1.165, 1.54) is 27.2 Å². The molecule has 2 N–H and O–H groups in total. The molecule has 43 heavy (non-hydrogen) atoms. The molecule has 12 heteroatoms. The highest BCUT2D eigenvalue weighted by Crippen LogP contribution is 2.54. The normalized spacial score (nSPS) is 18.5. The van der Waals surface area contributed by atoms with Gasteiger partial charge in [0.25, 0.3) is 0 Å². The van der Waals surface area contributed by atoms with E-state index in [9.17, 15) is 19.2 Å². The Morgan fingerprint density at radius 3 is 2.26 bits per heavy atom. The van der Waals surface area contributed by atoms with Gasteiger partial charge in [0.15, 0.2) is 5.75 Å². The zero-order chi connectivity index (χ0) is 31.1. The average molecular weight is 611 g/mol. The topological polar surface area (TPSA) is 142 Å². The summed E-state index contributed by atoms with van der Waals surface area (Å²) in [4.78, 5) is 53.0. The molecule has 2 amide bonds. The summed E-state index contributed by atoms with van der Waals surface area (Å²) in [6, 6.07) is 8.47. The molecule has 0 bridgehead atoms. The molecule has 0 fully saturated rings. The van der Waals surface area contributed by atoms with Crippen molar-refractivity contribution in [3.8, 4) is 34.3 Å². The fourth-order valence-electron chi connectivity index (χ4n) is 5.64. The van der Waals surface area contributed by atoms with Crippen LogP contribution in [0, 0.1) is 5.92 Å². The molecule has 2 atom stereocenters. The van der Waals surface area contributed by atoms with Crippen molar-refractivity contribution in [1.82, 2.24) is 10.6 Å². The van der Waals surface area contributed by atoms with Crippen LogP contribution in [0.15, 0.2) is 34.7 Å². The van der Waals surface area contributed by atoms with E-state index in [0.717, 1.165) is 0 Å². The molecule has 0 saturated carbocycles. The van der Waals surface area contributed by atoms with E-state index in [1.807, 2.05) is 0 Å². The summed E-state index contributed by atoms with van der Waals surface area (Å²) in [6.07, 6.45) is -0.0549. The largest absolute Gasteiger partial charge is 0.497 e. The second kappa shape index (κ2) is 11.6. The van der Waals surface area contributed by atoms with Gasteiger partial charge in [-0.05, 0) is 24.3 Å². The fraction of sp³-hybridized carbons (Fsp3) is 0.355. The van der Waals surface area contributed by atoms with E-state index in [-0.39, 0.29) is 65.2 Å². The zero-order valence-electron chi connectivity index (χ0n) is 24.3. The number of halogens is 1. The SMILES string of the molecule is COc1ccc(-c2oc3c(c2CC(=O)NCCNC(C)=O)C(=O)C2(Oc4c(Cl)c(OC)cc(OC)c4C2=O)C(C)C3)cc1. The minimum absolute atomic E-state index is 0.00246. The van der Waals surface area contributed by atoms with Crippen LogP contribution in [0.3, 0.4) is 0 Å². The molecule has 226 valence electrons. The highest BCUT2D eigenvalue weighted by atomic mass is 35.5. The van der Waals surface area contributed by atoms with Crippen LogP contribution in [0.2, 0.25) is 5.02 Å². The van der Waals surface area contributed by atoms with E-state index in [0.29, 0.717) is 28.4 Å². The first-order chi connectivity index (χ1) is 20.6. The summed E-state index contributed by atoms with van der Waals surface area (Å²) in [6.45, 7) is 3.53. The molecule has 0 radical (unpaired) electrons. The Labute approximate surface area is 252 Å². The number of carbonyl (C=O) groups is 4. The van der Waals surface area contributed by atoms with Crippen LogP contribution < -0.4 is 29.6 Å². The molecule has 2 unspecified atom stereocenters. The Bertz CT molecular complexity index is 1630. The van der Waals surface area contributed by atoms with E-state index in [2.05, 4.69) is 10.6 Å². The maximum atomic E-state index is 14.6. The number of Topliss-reactive ketones (excluding diaryl/α,β-unsaturated/α-hetero) is 2. The van der Waals surface area contributed by atoms with Gasteiger partial charge < -0.3 is 34.0 Å². The minimum atomic E-state index is -1.96. The number of benzene rings is 2. The summed E-state index contributed by atoms with van der Waals surface area (Å²) in [5.74, 6) is -0.841. The lowest BCUT2D eigenvalue weighted by Gasteiger charge is -2.35. The van der Waals surface area contributed by atoms with Crippen LogP contribution in [0.5, 0.6) is 23.0 Å². The van der Waals surface area contributed by atoms with Gasteiger partial charge in [-0.3, -0.25) is 19.2 Å². The van der Waals surface area contributed by atoms with E-state index in [1.54, 1.807) is 38.3 Å². The van der Waals surface area contributed by atoms with Crippen LogP contribution in [-0.4, -0.2) is 63.4 Å². The van der Waals surface area contributed by atoms with Crippen molar-refractivity contribution in [1.29, 1.82) is 0 Å². The van der Waals surface area contributed by atoms with E-state index < -0.39 is 29.0 Å². The number of hydrogen-bond acceptors (Lipinski definition) is 9. The predicted octanol–water partition coefficient (Wildman–Crippen LogP) is 3.81. The molecule has 1 aliphatic carbocycles. The Kier molecular flexibility index (Phi) is 8.11.